The fourth-order valence-corrected chi connectivity index (χ4v) is 2.82. The maximum absolute atomic E-state index is 5.80. The second-order valence-corrected chi connectivity index (χ2v) is 5.62. The van der Waals surface area contributed by atoms with Crippen LogP contribution in [0.2, 0.25) is 0 Å². The van der Waals surface area contributed by atoms with Crippen LogP contribution in [-0.4, -0.2) is 28.3 Å². The van der Waals surface area contributed by atoms with E-state index in [9.17, 15) is 0 Å². The maximum Gasteiger partial charge on any atom is 0.258 e. The van der Waals surface area contributed by atoms with Crippen molar-refractivity contribution in [3.63, 3.8) is 0 Å². The van der Waals surface area contributed by atoms with E-state index in [-0.39, 0.29) is 6.10 Å². The van der Waals surface area contributed by atoms with Crippen LogP contribution in [0.1, 0.15) is 17.5 Å². The number of aromatic nitrogens is 2. The van der Waals surface area contributed by atoms with Crippen molar-refractivity contribution in [3.05, 3.63) is 29.6 Å². The summed E-state index contributed by atoms with van der Waals surface area (Å²) in [6.07, 6.45) is -0.0717. The highest BCUT2D eigenvalue weighted by Gasteiger charge is 2.22. The number of nitrogen functional groups attached to an aromatic ring is 1. The van der Waals surface area contributed by atoms with Crippen LogP contribution in [0.3, 0.4) is 0 Å². The van der Waals surface area contributed by atoms with Gasteiger partial charge >= 0.3 is 0 Å². The second-order valence-electron chi connectivity index (χ2n) is 4.47. The summed E-state index contributed by atoms with van der Waals surface area (Å²) in [7, 11) is 0. The lowest BCUT2D eigenvalue weighted by Crippen LogP contribution is -2.16. The van der Waals surface area contributed by atoms with Crippen molar-refractivity contribution in [2.45, 2.75) is 13.0 Å². The molecule has 1 fully saturated rings. The Kier molecular flexibility index (Phi) is 3.44. The average molecular weight is 277 g/mol. The third kappa shape index (κ3) is 2.59. The number of hydrogen-bond acceptors (Lipinski definition) is 6. The van der Waals surface area contributed by atoms with E-state index in [2.05, 4.69) is 10.1 Å². The van der Waals surface area contributed by atoms with Crippen molar-refractivity contribution in [2.75, 3.05) is 23.8 Å². The van der Waals surface area contributed by atoms with Crippen molar-refractivity contribution >= 4 is 17.4 Å². The number of rotatable bonds is 2. The Morgan fingerprint density at radius 2 is 2.32 bits per heavy atom. The summed E-state index contributed by atoms with van der Waals surface area (Å²) in [6.45, 7) is 2.72. The first-order valence-corrected chi connectivity index (χ1v) is 7.29. The van der Waals surface area contributed by atoms with E-state index in [0.717, 1.165) is 29.2 Å². The van der Waals surface area contributed by atoms with E-state index in [1.54, 1.807) is 0 Å². The summed E-state index contributed by atoms with van der Waals surface area (Å²) in [6, 6.07) is 5.65. The van der Waals surface area contributed by atoms with Gasteiger partial charge in [-0.2, -0.15) is 16.7 Å². The molecule has 2 aromatic rings. The van der Waals surface area contributed by atoms with E-state index in [1.807, 2.05) is 36.9 Å². The Morgan fingerprint density at radius 1 is 1.42 bits per heavy atom. The molecule has 3 rings (SSSR count). The van der Waals surface area contributed by atoms with E-state index < -0.39 is 0 Å². The van der Waals surface area contributed by atoms with Gasteiger partial charge in [0.15, 0.2) is 0 Å². The Bertz CT molecular complexity index is 579. The summed E-state index contributed by atoms with van der Waals surface area (Å²) in [4.78, 5) is 4.43. The molecule has 1 atom stereocenters. The smallest absolute Gasteiger partial charge is 0.258 e. The third-order valence-corrected chi connectivity index (χ3v) is 4.03. The van der Waals surface area contributed by atoms with Crippen molar-refractivity contribution < 1.29 is 9.26 Å². The lowest BCUT2D eigenvalue weighted by molar-refractivity contribution is 0.0677. The standard InChI is InChI=1S/C13H15N3O2S/c1-8-2-3-9(14)6-10(8)13-15-12(16-18-13)11-7-19-5-4-17-11/h2-3,6,11H,4-5,7,14H2,1H3. The van der Waals surface area contributed by atoms with Gasteiger partial charge < -0.3 is 15.0 Å². The molecule has 6 heteroatoms. The van der Waals surface area contributed by atoms with Gasteiger partial charge in [0.2, 0.25) is 5.82 Å². The molecule has 0 aliphatic carbocycles. The number of hydrogen-bond donors (Lipinski definition) is 1. The first-order chi connectivity index (χ1) is 9.24. The van der Waals surface area contributed by atoms with Crippen LogP contribution >= 0.6 is 11.8 Å². The van der Waals surface area contributed by atoms with Crippen molar-refractivity contribution in [1.82, 2.24) is 10.1 Å². The zero-order chi connectivity index (χ0) is 13.2. The molecule has 19 heavy (non-hydrogen) atoms. The fraction of sp³-hybridized carbons (Fsp3) is 0.385. The predicted octanol–water partition coefficient (Wildman–Crippen LogP) is 2.43. The van der Waals surface area contributed by atoms with Gasteiger partial charge in [-0.05, 0) is 24.6 Å². The van der Waals surface area contributed by atoms with E-state index in [1.165, 1.54) is 0 Å². The molecule has 1 unspecified atom stereocenters. The summed E-state index contributed by atoms with van der Waals surface area (Å²) in [5, 5.41) is 4.02. The molecule has 0 radical (unpaired) electrons. The van der Waals surface area contributed by atoms with Crippen molar-refractivity contribution in [3.8, 4) is 11.5 Å². The van der Waals surface area contributed by atoms with E-state index in [4.69, 9.17) is 15.0 Å². The largest absolute Gasteiger partial charge is 0.399 e. The molecule has 2 N–H and O–H groups in total. The average Bonchev–Trinajstić information content (AvgIpc) is 2.92. The maximum atomic E-state index is 5.80. The highest BCUT2D eigenvalue weighted by atomic mass is 32.2. The van der Waals surface area contributed by atoms with Gasteiger partial charge in [0.1, 0.15) is 6.10 Å². The van der Waals surface area contributed by atoms with Gasteiger partial charge in [0.05, 0.1) is 6.61 Å². The Balaban J connectivity index is 1.89. The van der Waals surface area contributed by atoms with E-state index in [0.29, 0.717) is 17.4 Å². The number of nitrogens with zero attached hydrogens (tertiary/aromatic N) is 2. The molecule has 2 heterocycles. The molecule has 1 aliphatic heterocycles. The molecular weight excluding hydrogens is 262 g/mol. The topological polar surface area (TPSA) is 74.2 Å². The zero-order valence-electron chi connectivity index (χ0n) is 10.6. The first kappa shape index (κ1) is 12.5. The molecule has 0 spiro atoms. The van der Waals surface area contributed by atoms with Gasteiger partial charge in [0, 0.05) is 22.8 Å². The highest BCUT2D eigenvalue weighted by Crippen LogP contribution is 2.28. The van der Waals surface area contributed by atoms with Gasteiger partial charge in [-0.1, -0.05) is 11.2 Å². The molecule has 100 valence electrons. The molecule has 1 aliphatic rings. The summed E-state index contributed by atoms with van der Waals surface area (Å²) in [5.41, 5.74) is 8.42. The first-order valence-electron chi connectivity index (χ1n) is 6.13. The molecule has 1 saturated heterocycles. The van der Waals surface area contributed by atoms with Crippen LogP contribution in [0.15, 0.2) is 22.7 Å². The number of thioether (sulfide) groups is 1. The van der Waals surface area contributed by atoms with Crippen molar-refractivity contribution in [2.24, 2.45) is 0 Å². The Labute approximate surface area is 115 Å². The van der Waals surface area contributed by atoms with Crippen LogP contribution < -0.4 is 5.73 Å². The normalized spacial score (nSPS) is 19.5. The summed E-state index contributed by atoms with van der Waals surface area (Å²) in [5.74, 6) is 3.01. The molecule has 0 bridgehead atoms. The number of benzene rings is 1. The minimum Gasteiger partial charge on any atom is -0.399 e. The fourth-order valence-electron chi connectivity index (χ4n) is 1.98. The summed E-state index contributed by atoms with van der Waals surface area (Å²) >= 11 is 1.84. The SMILES string of the molecule is Cc1ccc(N)cc1-c1nc(C2CSCCO2)no1. The second kappa shape index (κ2) is 5.22. The monoisotopic (exact) mass is 277 g/mol. The Hall–Kier alpha value is -1.53. The quantitative estimate of drug-likeness (QED) is 0.850. The highest BCUT2D eigenvalue weighted by molar-refractivity contribution is 7.99. The Morgan fingerprint density at radius 3 is 3.11 bits per heavy atom. The van der Waals surface area contributed by atoms with Crippen LogP contribution in [0, 0.1) is 6.92 Å². The zero-order valence-corrected chi connectivity index (χ0v) is 11.4. The van der Waals surface area contributed by atoms with Gasteiger partial charge in [-0.3, -0.25) is 0 Å². The minimum atomic E-state index is -0.0717. The lowest BCUT2D eigenvalue weighted by Gasteiger charge is -2.18. The molecule has 0 amide bonds. The van der Waals surface area contributed by atoms with E-state index >= 15 is 0 Å². The number of aryl methyl sites for hydroxylation is 1. The molecule has 1 aromatic heterocycles. The third-order valence-electron chi connectivity index (χ3n) is 3.04. The van der Waals surface area contributed by atoms with Crippen LogP contribution in [0.5, 0.6) is 0 Å². The molecule has 1 aromatic carbocycles. The number of ether oxygens (including phenoxy) is 1. The van der Waals surface area contributed by atoms with Gasteiger partial charge in [-0.25, -0.2) is 0 Å². The van der Waals surface area contributed by atoms with Crippen LogP contribution in [-0.2, 0) is 4.74 Å². The van der Waals surface area contributed by atoms with Crippen LogP contribution in [0.4, 0.5) is 5.69 Å². The molecular formula is C13H15N3O2S. The predicted molar refractivity (Wildman–Crippen MR) is 74.9 cm³/mol. The van der Waals surface area contributed by atoms with Crippen molar-refractivity contribution in [1.29, 1.82) is 0 Å². The lowest BCUT2D eigenvalue weighted by atomic mass is 10.1. The number of anilines is 1. The summed E-state index contributed by atoms with van der Waals surface area (Å²) < 4.78 is 11.0. The minimum absolute atomic E-state index is 0.0717. The van der Waals surface area contributed by atoms with Crippen LogP contribution in [0.25, 0.3) is 11.5 Å². The number of nitrogens with two attached hydrogens (primary N) is 1. The molecule has 0 saturated carbocycles. The van der Waals surface area contributed by atoms with Gasteiger partial charge in [0.25, 0.3) is 5.89 Å². The molecule has 5 nitrogen and oxygen atoms in total. The van der Waals surface area contributed by atoms with Gasteiger partial charge in [-0.15, -0.1) is 0 Å².